The van der Waals surface area contributed by atoms with E-state index in [1.165, 1.54) is 0 Å². The van der Waals surface area contributed by atoms with Gasteiger partial charge >= 0.3 is 0 Å². The van der Waals surface area contributed by atoms with Gasteiger partial charge in [0.15, 0.2) is 6.04 Å². The Balaban J connectivity index is 1.95. The molecule has 0 radical (unpaired) electrons. The average molecular weight is 345 g/mol. The molecule has 1 aromatic rings. The number of hydrogen-bond donors (Lipinski definition) is 2. The molecule has 0 unspecified atom stereocenters. The number of carbonyl (C=O) groups is 2. The van der Waals surface area contributed by atoms with Crippen LogP contribution in [0.3, 0.4) is 0 Å². The molecular formula is C15H20Cl2N3O2+. The van der Waals surface area contributed by atoms with E-state index in [-0.39, 0.29) is 17.9 Å². The number of benzene rings is 1. The average Bonchev–Trinajstić information content (AvgIpc) is 2.50. The summed E-state index contributed by atoms with van der Waals surface area (Å²) in [7, 11) is 0. The summed E-state index contributed by atoms with van der Waals surface area (Å²) in [6.07, 6.45) is 0. The van der Waals surface area contributed by atoms with E-state index in [2.05, 4.69) is 5.32 Å². The van der Waals surface area contributed by atoms with Crippen molar-refractivity contribution in [2.24, 2.45) is 0 Å². The molecule has 0 spiro atoms. The van der Waals surface area contributed by atoms with Gasteiger partial charge in [-0.15, -0.1) is 0 Å². The van der Waals surface area contributed by atoms with Crippen molar-refractivity contribution < 1.29 is 14.5 Å². The van der Waals surface area contributed by atoms with Gasteiger partial charge in [-0.3, -0.25) is 9.59 Å². The Morgan fingerprint density at radius 2 is 1.91 bits per heavy atom. The third kappa shape index (κ3) is 4.12. The number of amides is 2. The molecule has 1 aliphatic heterocycles. The maximum absolute atomic E-state index is 12.4. The first-order valence-electron chi connectivity index (χ1n) is 7.24. The summed E-state index contributed by atoms with van der Waals surface area (Å²) in [5.74, 6) is -0.0164. The van der Waals surface area contributed by atoms with Crippen LogP contribution < -0.4 is 10.2 Å². The standard InChI is InChI=1S/C15H19Cl2N3O2/c1-10(19-5-7-20(8-6-19)11(2)21)15(22)18-14-9-12(16)3-4-13(14)17/h3-4,9-10H,5-8H2,1-2H3,(H,18,22)/p+1/t10-/m0/s1. The summed E-state index contributed by atoms with van der Waals surface area (Å²) in [5, 5.41) is 3.81. The molecular weight excluding hydrogens is 325 g/mol. The monoisotopic (exact) mass is 344 g/mol. The molecule has 2 N–H and O–H groups in total. The Morgan fingerprint density at radius 3 is 2.50 bits per heavy atom. The molecule has 1 aromatic carbocycles. The third-order valence-corrected chi connectivity index (χ3v) is 4.61. The smallest absolute Gasteiger partial charge is 0.282 e. The van der Waals surface area contributed by atoms with E-state index in [0.29, 0.717) is 28.8 Å². The first-order valence-corrected chi connectivity index (χ1v) is 8.00. The molecule has 0 aliphatic carbocycles. The fourth-order valence-electron chi connectivity index (χ4n) is 2.56. The lowest BCUT2D eigenvalue weighted by Crippen LogP contribution is -3.19. The highest BCUT2D eigenvalue weighted by molar-refractivity contribution is 6.35. The van der Waals surface area contributed by atoms with Gasteiger partial charge in [0.2, 0.25) is 5.91 Å². The second kappa shape index (κ2) is 7.31. The molecule has 22 heavy (non-hydrogen) atoms. The van der Waals surface area contributed by atoms with Gasteiger partial charge in [-0.1, -0.05) is 23.2 Å². The maximum atomic E-state index is 12.4. The van der Waals surface area contributed by atoms with Crippen LogP contribution in [0.2, 0.25) is 10.0 Å². The quantitative estimate of drug-likeness (QED) is 0.861. The predicted octanol–water partition coefficient (Wildman–Crippen LogP) is 1.07. The number of halogens is 2. The van der Waals surface area contributed by atoms with Crippen LogP contribution in [-0.2, 0) is 9.59 Å². The number of quaternary nitrogens is 1. The number of anilines is 1. The summed E-state index contributed by atoms with van der Waals surface area (Å²) in [5.41, 5.74) is 0.521. The lowest BCUT2D eigenvalue weighted by molar-refractivity contribution is -0.917. The molecule has 1 fully saturated rings. The summed E-state index contributed by atoms with van der Waals surface area (Å²) in [6, 6.07) is 4.75. The number of piperazine rings is 1. The van der Waals surface area contributed by atoms with Crippen molar-refractivity contribution in [3.05, 3.63) is 28.2 Å². The molecule has 5 nitrogen and oxygen atoms in total. The summed E-state index contributed by atoms with van der Waals surface area (Å²) in [4.78, 5) is 26.7. The fraction of sp³-hybridized carbons (Fsp3) is 0.467. The Bertz CT molecular complexity index is 572. The van der Waals surface area contributed by atoms with Crippen molar-refractivity contribution in [1.29, 1.82) is 0 Å². The predicted molar refractivity (Wildman–Crippen MR) is 87.5 cm³/mol. The number of nitrogens with zero attached hydrogens (tertiary/aromatic N) is 1. The van der Waals surface area contributed by atoms with E-state index in [4.69, 9.17) is 23.2 Å². The minimum Gasteiger partial charge on any atom is -0.332 e. The van der Waals surface area contributed by atoms with Crippen LogP contribution in [0, 0.1) is 0 Å². The SMILES string of the molecule is CC(=O)N1CC[NH+]([C@@H](C)C(=O)Nc2cc(Cl)ccc2Cl)CC1. The van der Waals surface area contributed by atoms with Crippen LogP contribution in [0.25, 0.3) is 0 Å². The van der Waals surface area contributed by atoms with Crippen molar-refractivity contribution >= 4 is 40.7 Å². The molecule has 1 heterocycles. The van der Waals surface area contributed by atoms with Crippen LogP contribution in [0.15, 0.2) is 18.2 Å². The van der Waals surface area contributed by atoms with E-state index in [0.717, 1.165) is 18.0 Å². The van der Waals surface area contributed by atoms with E-state index < -0.39 is 0 Å². The highest BCUT2D eigenvalue weighted by atomic mass is 35.5. The van der Waals surface area contributed by atoms with E-state index in [9.17, 15) is 9.59 Å². The number of hydrogen-bond acceptors (Lipinski definition) is 2. The Hall–Kier alpha value is -1.30. The lowest BCUT2D eigenvalue weighted by atomic mass is 10.2. The Labute approximate surface area is 140 Å². The molecule has 0 saturated carbocycles. The van der Waals surface area contributed by atoms with Crippen molar-refractivity contribution in [1.82, 2.24) is 4.90 Å². The van der Waals surface area contributed by atoms with E-state index in [1.807, 2.05) is 11.8 Å². The Kier molecular flexibility index (Phi) is 5.67. The van der Waals surface area contributed by atoms with Crippen molar-refractivity contribution in [2.45, 2.75) is 19.9 Å². The van der Waals surface area contributed by atoms with Gasteiger partial charge in [0.05, 0.1) is 36.9 Å². The molecule has 1 saturated heterocycles. The van der Waals surface area contributed by atoms with Crippen LogP contribution in [0.5, 0.6) is 0 Å². The molecule has 0 bridgehead atoms. The van der Waals surface area contributed by atoms with Crippen LogP contribution in [-0.4, -0.2) is 48.9 Å². The minimum atomic E-state index is -0.218. The first kappa shape index (κ1) is 17.1. The van der Waals surface area contributed by atoms with Crippen molar-refractivity contribution in [3.8, 4) is 0 Å². The van der Waals surface area contributed by atoms with Gasteiger partial charge in [-0.2, -0.15) is 0 Å². The molecule has 2 amide bonds. The molecule has 2 rings (SSSR count). The summed E-state index contributed by atoms with van der Waals surface area (Å²) in [6.45, 7) is 6.34. The zero-order valence-electron chi connectivity index (χ0n) is 12.7. The second-order valence-corrected chi connectivity index (χ2v) is 6.34. The lowest BCUT2D eigenvalue weighted by Gasteiger charge is -2.34. The van der Waals surface area contributed by atoms with Gasteiger partial charge in [-0.05, 0) is 25.1 Å². The van der Waals surface area contributed by atoms with Gasteiger partial charge in [-0.25, -0.2) is 0 Å². The highest BCUT2D eigenvalue weighted by Crippen LogP contribution is 2.25. The Morgan fingerprint density at radius 1 is 1.27 bits per heavy atom. The van der Waals surface area contributed by atoms with Gasteiger partial charge < -0.3 is 15.1 Å². The number of nitrogens with one attached hydrogen (secondary N) is 2. The second-order valence-electron chi connectivity index (χ2n) is 5.50. The van der Waals surface area contributed by atoms with Crippen LogP contribution >= 0.6 is 23.2 Å². The zero-order valence-corrected chi connectivity index (χ0v) is 14.2. The van der Waals surface area contributed by atoms with Gasteiger partial charge in [0.1, 0.15) is 0 Å². The van der Waals surface area contributed by atoms with Crippen molar-refractivity contribution in [3.63, 3.8) is 0 Å². The van der Waals surface area contributed by atoms with Gasteiger partial charge in [0.25, 0.3) is 5.91 Å². The van der Waals surface area contributed by atoms with E-state index in [1.54, 1.807) is 25.1 Å². The largest absolute Gasteiger partial charge is 0.332 e. The van der Waals surface area contributed by atoms with Crippen LogP contribution in [0.4, 0.5) is 5.69 Å². The number of carbonyl (C=O) groups excluding carboxylic acids is 2. The maximum Gasteiger partial charge on any atom is 0.282 e. The summed E-state index contributed by atoms with van der Waals surface area (Å²) < 4.78 is 0. The normalized spacial score (nSPS) is 17.2. The molecule has 1 atom stereocenters. The first-order chi connectivity index (χ1) is 10.4. The minimum absolute atomic E-state index is 0.0851. The topological polar surface area (TPSA) is 53.9 Å². The molecule has 0 aromatic heterocycles. The molecule has 120 valence electrons. The number of rotatable bonds is 3. The van der Waals surface area contributed by atoms with Crippen LogP contribution in [0.1, 0.15) is 13.8 Å². The zero-order chi connectivity index (χ0) is 16.3. The fourth-order valence-corrected chi connectivity index (χ4v) is 2.90. The van der Waals surface area contributed by atoms with E-state index >= 15 is 0 Å². The third-order valence-electron chi connectivity index (χ3n) is 4.04. The summed E-state index contributed by atoms with van der Waals surface area (Å²) >= 11 is 12.0. The van der Waals surface area contributed by atoms with Gasteiger partial charge in [0, 0.05) is 11.9 Å². The molecule has 1 aliphatic rings. The van der Waals surface area contributed by atoms with Crippen molar-refractivity contribution in [2.75, 3.05) is 31.5 Å². The highest BCUT2D eigenvalue weighted by Gasteiger charge is 2.30. The molecule has 7 heteroatoms.